The van der Waals surface area contributed by atoms with Gasteiger partial charge in [-0.15, -0.1) is 0 Å². The Labute approximate surface area is 278 Å². The van der Waals surface area contributed by atoms with Crippen LogP contribution in [0.2, 0.25) is 0 Å². The second kappa shape index (κ2) is 14.9. The number of para-hydroxylation sites is 2. The Morgan fingerprint density at radius 3 is 1.30 bits per heavy atom. The van der Waals surface area contributed by atoms with Gasteiger partial charge in [0.15, 0.2) is 11.5 Å². The van der Waals surface area contributed by atoms with Crippen molar-refractivity contribution in [2.24, 2.45) is 9.98 Å². The van der Waals surface area contributed by atoms with Gasteiger partial charge in [0, 0.05) is 27.6 Å². The van der Waals surface area contributed by atoms with Gasteiger partial charge in [0.2, 0.25) is 0 Å². The first-order valence-electron chi connectivity index (χ1n) is 15.4. The van der Waals surface area contributed by atoms with Gasteiger partial charge in [-0.05, 0) is 72.1 Å². The Kier molecular flexibility index (Phi) is 13.3. The van der Waals surface area contributed by atoms with Gasteiger partial charge < -0.3 is 10.2 Å². The Balaban J connectivity index is 0.000000488. The Bertz CT molecular complexity index is 1430. The molecule has 0 spiro atoms. The van der Waals surface area contributed by atoms with E-state index in [2.05, 4.69) is 98.7 Å². The fourth-order valence-electron chi connectivity index (χ4n) is 5.03. The number of nitrogens with zero attached hydrogens (tertiary/aromatic N) is 2. The van der Waals surface area contributed by atoms with E-state index < -0.39 is 0 Å². The largest absolute Gasteiger partial charge is 0.504 e. The summed E-state index contributed by atoms with van der Waals surface area (Å²) in [5.74, 6) is 0.453. The molecule has 3 aromatic carbocycles. The molecule has 44 heavy (non-hydrogen) atoms. The van der Waals surface area contributed by atoms with Crippen molar-refractivity contribution in [1.29, 1.82) is 0 Å². The molecule has 0 radical (unpaired) electrons. The van der Waals surface area contributed by atoms with Crippen LogP contribution in [0.5, 0.6) is 11.5 Å². The summed E-state index contributed by atoms with van der Waals surface area (Å²) in [5, 5.41) is 20.1. The van der Waals surface area contributed by atoms with Crippen molar-refractivity contribution in [2.75, 3.05) is 0 Å². The van der Waals surface area contributed by atoms with E-state index in [1.807, 2.05) is 53.7 Å². The summed E-state index contributed by atoms with van der Waals surface area (Å²) < 4.78 is 0. The number of aliphatic imine (C=N–C) groups is 2. The zero-order valence-electron chi connectivity index (χ0n) is 29.8. The maximum Gasteiger partial charge on any atom is 0.161 e. The topological polar surface area (TPSA) is 65.2 Å². The van der Waals surface area contributed by atoms with Crippen LogP contribution >= 0.6 is 0 Å². The number of phenols is 2. The molecule has 4 nitrogen and oxygen atoms in total. The van der Waals surface area contributed by atoms with Crippen LogP contribution in [0.25, 0.3) is 0 Å². The third-order valence-corrected chi connectivity index (χ3v) is 7.79. The molecule has 0 aliphatic heterocycles. The van der Waals surface area contributed by atoms with Gasteiger partial charge in [-0.2, -0.15) is 0 Å². The third-order valence-electron chi connectivity index (χ3n) is 7.79. The number of hydrogen-bond donors (Lipinski definition) is 2. The molecule has 0 unspecified atom stereocenters. The second-order valence-corrected chi connectivity index (χ2v) is 15.1. The van der Waals surface area contributed by atoms with Gasteiger partial charge in [0.05, 0.1) is 22.8 Å². The van der Waals surface area contributed by atoms with Crippen molar-refractivity contribution >= 4 is 22.8 Å². The van der Waals surface area contributed by atoms with Crippen LogP contribution in [0.1, 0.15) is 129 Å². The number of aromatic hydroxyl groups is 2. The van der Waals surface area contributed by atoms with Crippen LogP contribution in [0.4, 0.5) is 11.4 Å². The molecular formula is C39H56N2NiO2. The molecule has 0 aliphatic carbocycles. The summed E-state index contributed by atoms with van der Waals surface area (Å²) >= 11 is 0. The van der Waals surface area contributed by atoms with E-state index in [4.69, 9.17) is 9.98 Å². The molecule has 0 bridgehead atoms. The Morgan fingerprint density at radius 2 is 0.932 bits per heavy atom. The normalized spacial score (nSPS) is 12.9. The number of benzene rings is 3. The average Bonchev–Trinajstić information content (AvgIpc) is 2.86. The van der Waals surface area contributed by atoms with E-state index in [1.54, 1.807) is 0 Å². The quantitative estimate of drug-likeness (QED) is 0.169. The molecule has 0 atom stereocenters. The molecule has 0 aromatic heterocycles. The smallest absolute Gasteiger partial charge is 0.161 e. The monoisotopic (exact) mass is 642 g/mol. The van der Waals surface area contributed by atoms with E-state index in [0.717, 1.165) is 33.9 Å². The summed E-state index contributed by atoms with van der Waals surface area (Å²) in [6.07, 6.45) is 0. The number of phenolic OH excluding ortho intramolecular Hbond substituents is 2. The molecule has 3 rings (SSSR count). The van der Waals surface area contributed by atoms with Gasteiger partial charge in [0.25, 0.3) is 0 Å². The standard InChI is InChI=1S/C25H34N2.C14H22O2.Ni/c1-16(2)21-14-11-15-22(25(7,8)9)24(21)27-20(6)19(5)26-23-17(3)12-10-13-18(23)4;1-13(2,3)9-7-8-10(14(4,5)6)12(16)11(9)15;/h10-16H,1-9H3;7-8,15-16H,1-6H3;. The molecule has 0 heterocycles. The van der Waals surface area contributed by atoms with Gasteiger partial charge in [0.1, 0.15) is 0 Å². The fraction of sp³-hybridized carbons (Fsp3) is 0.487. The Morgan fingerprint density at radius 1 is 0.568 bits per heavy atom. The average molecular weight is 644 g/mol. The minimum Gasteiger partial charge on any atom is -0.504 e. The van der Waals surface area contributed by atoms with Crippen LogP contribution < -0.4 is 0 Å². The first-order valence-corrected chi connectivity index (χ1v) is 15.4. The molecule has 0 saturated carbocycles. The molecule has 3 aromatic rings. The minimum absolute atomic E-state index is 0. The van der Waals surface area contributed by atoms with Crippen molar-refractivity contribution in [3.05, 3.63) is 81.9 Å². The fourth-order valence-corrected chi connectivity index (χ4v) is 5.03. The van der Waals surface area contributed by atoms with Crippen molar-refractivity contribution < 1.29 is 26.7 Å². The van der Waals surface area contributed by atoms with Crippen molar-refractivity contribution in [3.63, 3.8) is 0 Å². The number of rotatable bonds is 4. The zero-order valence-corrected chi connectivity index (χ0v) is 30.8. The van der Waals surface area contributed by atoms with E-state index in [-0.39, 0.29) is 44.2 Å². The third kappa shape index (κ3) is 9.80. The van der Waals surface area contributed by atoms with Gasteiger partial charge in [-0.3, -0.25) is 9.98 Å². The summed E-state index contributed by atoms with van der Waals surface area (Å²) in [7, 11) is 0. The molecule has 2 N–H and O–H groups in total. The van der Waals surface area contributed by atoms with E-state index in [9.17, 15) is 10.2 Å². The maximum absolute atomic E-state index is 10.0. The van der Waals surface area contributed by atoms with Crippen molar-refractivity contribution in [1.82, 2.24) is 0 Å². The molecule has 0 aliphatic rings. The Hall–Kier alpha value is -2.91. The molecule has 0 amide bonds. The van der Waals surface area contributed by atoms with Gasteiger partial charge in [-0.1, -0.05) is 125 Å². The van der Waals surface area contributed by atoms with Crippen molar-refractivity contribution in [2.45, 2.75) is 126 Å². The van der Waals surface area contributed by atoms with Crippen LogP contribution in [0.3, 0.4) is 0 Å². The van der Waals surface area contributed by atoms with E-state index in [1.165, 1.54) is 22.3 Å². The molecular weight excluding hydrogens is 587 g/mol. The van der Waals surface area contributed by atoms with E-state index in [0.29, 0.717) is 5.92 Å². The number of hydrogen-bond acceptors (Lipinski definition) is 4. The van der Waals surface area contributed by atoms with Crippen LogP contribution in [0.15, 0.2) is 58.5 Å². The van der Waals surface area contributed by atoms with Gasteiger partial charge >= 0.3 is 0 Å². The van der Waals surface area contributed by atoms with Gasteiger partial charge in [-0.25, -0.2) is 0 Å². The first kappa shape index (κ1) is 39.1. The summed E-state index contributed by atoms with van der Waals surface area (Å²) in [4.78, 5) is 9.99. The predicted octanol–water partition coefficient (Wildman–Crippen LogP) is 11.3. The molecule has 5 heteroatoms. The molecule has 244 valence electrons. The summed E-state index contributed by atoms with van der Waals surface area (Å²) in [5.41, 5.74) is 10.3. The first-order chi connectivity index (χ1) is 19.6. The predicted molar refractivity (Wildman–Crippen MR) is 188 cm³/mol. The molecule has 0 fully saturated rings. The van der Waals surface area contributed by atoms with E-state index >= 15 is 0 Å². The SMILES string of the molecule is CC(=Nc1c(C)cccc1C)C(C)=Nc1c(C(C)C)cccc1C(C)(C)C.CC(C)(C)c1ccc(C(C)(C)C)c(O)c1O.[Ni]. The van der Waals surface area contributed by atoms with Crippen molar-refractivity contribution in [3.8, 4) is 11.5 Å². The van der Waals surface area contributed by atoms with Crippen LogP contribution in [-0.2, 0) is 32.7 Å². The van der Waals surface area contributed by atoms with Crippen LogP contribution in [-0.4, -0.2) is 21.6 Å². The number of aryl methyl sites for hydroxylation is 2. The maximum atomic E-state index is 10.0. The summed E-state index contributed by atoms with van der Waals surface area (Å²) in [6.45, 7) is 31.6. The minimum atomic E-state index is -0.169. The van der Waals surface area contributed by atoms with Crippen LogP contribution in [0, 0.1) is 13.8 Å². The molecule has 0 saturated heterocycles. The summed E-state index contributed by atoms with van der Waals surface area (Å²) in [6, 6.07) is 16.6. The zero-order chi connectivity index (χ0) is 33.1. The second-order valence-electron chi connectivity index (χ2n) is 15.1.